The molecule has 7 nitrogen and oxygen atoms in total. The van der Waals surface area contributed by atoms with Gasteiger partial charge in [-0.15, -0.1) is 0 Å². The first-order valence-electron chi connectivity index (χ1n) is 6.22. The zero-order chi connectivity index (χ0) is 13.7. The van der Waals surface area contributed by atoms with Gasteiger partial charge in [-0.2, -0.15) is 10.1 Å². The Balaban J connectivity index is 1.82. The number of aryl methyl sites for hydroxylation is 1. The molecule has 19 heavy (non-hydrogen) atoms. The fourth-order valence-corrected chi connectivity index (χ4v) is 2.89. The minimum Gasteiger partial charge on any atom is -0.219 e. The van der Waals surface area contributed by atoms with Crippen LogP contribution in [-0.2, 0) is 16.4 Å². The molecule has 0 atom stereocenters. The van der Waals surface area contributed by atoms with Crippen molar-refractivity contribution in [2.45, 2.75) is 26.2 Å². The van der Waals surface area contributed by atoms with E-state index in [-0.39, 0.29) is 5.75 Å². The number of nitrogens with one attached hydrogen (secondary N) is 1. The summed E-state index contributed by atoms with van der Waals surface area (Å²) in [6, 6.07) is 0. The maximum atomic E-state index is 11.4. The molecule has 0 aliphatic heterocycles. The summed E-state index contributed by atoms with van der Waals surface area (Å²) in [5.41, 5.74) is 1.01. The van der Waals surface area contributed by atoms with E-state index in [1.807, 2.05) is 13.1 Å². The van der Waals surface area contributed by atoms with Gasteiger partial charge in [0.2, 0.25) is 10.0 Å². The molecule has 0 unspecified atom stereocenters. The Bertz CT molecular complexity index is 637. The van der Waals surface area contributed by atoms with E-state index in [1.165, 1.54) is 6.33 Å². The van der Waals surface area contributed by atoms with Gasteiger partial charge >= 0.3 is 0 Å². The Morgan fingerprint density at radius 1 is 1.37 bits per heavy atom. The van der Waals surface area contributed by atoms with Crippen molar-refractivity contribution in [1.29, 1.82) is 0 Å². The Labute approximate surface area is 112 Å². The van der Waals surface area contributed by atoms with Gasteiger partial charge in [0.05, 0.1) is 5.75 Å². The second-order valence-corrected chi connectivity index (χ2v) is 6.21. The van der Waals surface area contributed by atoms with Crippen molar-refractivity contribution < 1.29 is 8.42 Å². The molecule has 2 aromatic heterocycles. The van der Waals surface area contributed by atoms with E-state index in [9.17, 15) is 8.42 Å². The molecular weight excluding hydrogens is 266 g/mol. The minimum atomic E-state index is -3.10. The highest BCUT2D eigenvalue weighted by Gasteiger charge is 2.07. The number of hydrogen-bond acceptors (Lipinski definition) is 5. The minimum absolute atomic E-state index is 0.180. The monoisotopic (exact) mass is 283 g/mol. The number of fused-ring (bicyclic) bond motifs is 1. The fourth-order valence-electron chi connectivity index (χ4n) is 1.75. The molecule has 104 valence electrons. The highest BCUT2D eigenvalue weighted by atomic mass is 32.2. The lowest BCUT2D eigenvalue weighted by atomic mass is 10.2. The van der Waals surface area contributed by atoms with Crippen molar-refractivity contribution in [2.75, 3.05) is 12.3 Å². The van der Waals surface area contributed by atoms with Crippen LogP contribution in [0.1, 0.15) is 25.3 Å². The summed E-state index contributed by atoms with van der Waals surface area (Å²) in [6.07, 6.45) is 7.15. The Morgan fingerprint density at radius 3 is 3.00 bits per heavy atom. The molecule has 0 amide bonds. The number of nitrogens with zero attached hydrogens (tertiary/aromatic N) is 4. The summed E-state index contributed by atoms with van der Waals surface area (Å²) in [7, 11) is -3.10. The summed E-state index contributed by atoms with van der Waals surface area (Å²) >= 11 is 0. The van der Waals surface area contributed by atoms with Crippen LogP contribution in [0.2, 0.25) is 0 Å². The third-order valence-electron chi connectivity index (χ3n) is 2.63. The first-order valence-corrected chi connectivity index (χ1v) is 7.87. The van der Waals surface area contributed by atoms with Gasteiger partial charge in [-0.3, -0.25) is 0 Å². The Hall–Kier alpha value is -1.54. The van der Waals surface area contributed by atoms with E-state index >= 15 is 0 Å². The van der Waals surface area contributed by atoms with Crippen LogP contribution in [0.3, 0.4) is 0 Å². The van der Waals surface area contributed by atoms with E-state index in [2.05, 4.69) is 19.8 Å². The van der Waals surface area contributed by atoms with Gasteiger partial charge in [0.15, 0.2) is 0 Å². The predicted octanol–water partition coefficient (Wildman–Crippen LogP) is 0.386. The summed E-state index contributed by atoms with van der Waals surface area (Å²) in [4.78, 5) is 8.11. The van der Waals surface area contributed by atoms with Crippen molar-refractivity contribution in [2.24, 2.45) is 0 Å². The molecule has 0 bridgehead atoms. The lowest BCUT2D eigenvalue weighted by molar-refractivity contribution is 0.577. The molecular formula is C11H17N5O2S. The van der Waals surface area contributed by atoms with Gasteiger partial charge in [0.25, 0.3) is 5.78 Å². The maximum absolute atomic E-state index is 11.4. The number of hydrogen-bond donors (Lipinski definition) is 1. The molecule has 0 saturated heterocycles. The van der Waals surface area contributed by atoms with Gasteiger partial charge in [-0.25, -0.2) is 22.6 Å². The zero-order valence-electron chi connectivity index (χ0n) is 10.8. The molecule has 8 heteroatoms. The number of aromatic nitrogens is 4. The maximum Gasteiger partial charge on any atom is 0.252 e. The van der Waals surface area contributed by atoms with Crippen molar-refractivity contribution in [3.05, 3.63) is 24.3 Å². The van der Waals surface area contributed by atoms with Crippen LogP contribution in [0.25, 0.3) is 5.78 Å². The van der Waals surface area contributed by atoms with Crippen LogP contribution in [0, 0.1) is 0 Å². The molecule has 2 rings (SSSR count). The Kier molecular flexibility index (Phi) is 4.43. The van der Waals surface area contributed by atoms with E-state index in [4.69, 9.17) is 0 Å². The highest BCUT2D eigenvalue weighted by Crippen LogP contribution is 2.02. The van der Waals surface area contributed by atoms with E-state index < -0.39 is 10.0 Å². The quantitative estimate of drug-likeness (QED) is 0.742. The van der Waals surface area contributed by atoms with Crippen molar-refractivity contribution in [3.8, 4) is 0 Å². The molecule has 2 heterocycles. The molecule has 0 spiro atoms. The van der Waals surface area contributed by atoms with Gasteiger partial charge < -0.3 is 0 Å². The van der Waals surface area contributed by atoms with Crippen molar-refractivity contribution in [3.63, 3.8) is 0 Å². The number of sulfonamides is 1. The van der Waals surface area contributed by atoms with Crippen molar-refractivity contribution in [1.82, 2.24) is 24.3 Å². The van der Waals surface area contributed by atoms with Gasteiger partial charge in [-0.1, -0.05) is 6.92 Å². The lowest BCUT2D eigenvalue weighted by Gasteiger charge is -2.05. The van der Waals surface area contributed by atoms with Crippen LogP contribution in [0.5, 0.6) is 0 Å². The van der Waals surface area contributed by atoms with Crippen LogP contribution in [0.4, 0.5) is 0 Å². The molecule has 1 N–H and O–H groups in total. The second kappa shape index (κ2) is 6.07. The van der Waals surface area contributed by atoms with E-state index in [1.54, 1.807) is 10.7 Å². The second-order valence-electron chi connectivity index (χ2n) is 4.28. The predicted molar refractivity (Wildman–Crippen MR) is 71.2 cm³/mol. The normalized spacial score (nSPS) is 12.1. The Morgan fingerprint density at radius 2 is 2.21 bits per heavy atom. The van der Waals surface area contributed by atoms with Gasteiger partial charge in [0, 0.05) is 18.9 Å². The molecule has 0 radical (unpaired) electrons. The molecule has 0 fully saturated rings. The van der Waals surface area contributed by atoms with Crippen LogP contribution in [0.15, 0.2) is 18.7 Å². The average Bonchev–Trinajstić information content (AvgIpc) is 2.82. The fraction of sp³-hybridized carbons (Fsp3) is 0.545. The van der Waals surface area contributed by atoms with Gasteiger partial charge in [-0.05, 0) is 24.8 Å². The molecule has 0 aliphatic carbocycles. The molecule has 0 aliphatic rings. The van der Waals surface area contributed by atoms with Crippen LogP contribution >= 0.6 is 0 Å². The largest absolute Gasteiger partial charge is 0.252 e. The summed E-state index contributed by atoms with van der Waals surface area (Å²) < 4.78 is 27.1. The molecule has 0 aromatic carbocycles. The summed E-state index contributed by atoms with van der Waals surface area (Å²) in [6.45, 7) is 2.29. The highest BCUT2D eigenvalue weighted by molar-refractivity contribution is 7.89. The smallest absolute Gasteiger partial charge is 0.219 e. The summed E-state index contributed by atoms with van der Waals surface area (Å²) in [5, 5.41) is 4.00. The third kappa shape index (κ3) is 3.97. The molecule has 2 aromatic rings. The van der Waals surface area contributed by atoms with Crippen molar-refractivity contribution >= 4 is 15.8 Å². The lowest BCUT2D eigenvalue weighted by Crippen LogP contribution is -2.27. The standard InChI is InChI=1S/C11H17N5O2S/c1-2-6-19(17,18)15-5-3-4-10-7-12-11-13-9-14-16(11)8-10/h7-9,15H,2-6H2,1H3. The zero-order valence-corrected chi connectivity index (χ0v) is 11.6. The van der Waals surface area contributed by atoms with E-state index in [0.717, 1.165) is 18.4 Å². The average molecular weight is 283 g/mol. The first kappa shape index (κ1) is 13.9. The van der Waals surface area contributed by atoms with Gasteiger partial charge in [0.1, 0.15) is 6.33 Å². The van der Waals surface area contributed by atoms with E-state index in [0.29, 0.717) is 18.7 Å². The van der Waals surface area contributed by atoms with Crippen LogP contribution < -0.4 is 4.72 Å². The first-order chi connectivity index (χ1) is 9.11. The third-order valence-corrected chi connectivity index (χ3v) is 4.21. The SMILES string of the molecule is CCCS(=O)(=O)NCCCc1cnc2ncnn2c1. The summed E-state index contributed by atoms with van der Waals surface area (Å²) in [5.74, 6) is 0.742. The molecule has 0 saturated carbocycles. The number of rotatable bonds is 7. The topological polar surface area (TPSA) is 89.2 Å². The van der Waals surface area contributed by atoms with Crippen LogP contribution in [-0.4, -0.2) is 40.3 Å².